The molecule has 2 heterocycles. The number of nitrogens with zero attached hydrogens (tertiary/aromatic N) is 3. The number of aromatic nitrogens is 2. The number of hydrogen-bond donors (Lipinski definition) is 2. The van der Waals surface area contributed by atoms with Crippen LogP contribution in [0.1, 0.15) is 12.8 Å². The molecule has 1 fully saturated rings. The van der Waals surface area contributed by atoms with E-state index in [4.69, 9.17) is 23.2 Å². The standard InChI is InChI=1S/C20H17Cl2N5O2S/c21-13-5-3-12(4-6-13)18-25-26-19(30-18)24-17(28)16-2-1-11-27(16)20(29)23-15-9-7-14(22)8-10-15/h3-10,16H,1-2,11H2,(H,23,29)(H,24,26,28). The van der Waals surface area contributed by atoms with Crippen molar-refractivity contribution in [3.8, 4) is 10.6 Å². The molecule has 1 aliphatic rings. The van der Waals surface area contributed by atoms with Crippen molar-refractivity contribution in [2.24, 2.45) is 0 Å². The highest BCUT2D eigenvalue weighted by atomic mass is 35.5. The summed E-state index contributed by atoms with van der Waals surface area (Å²) in [5.74, 6) is -0.280. The van der Waals surface area contributed by atoms with Gasteiger partial charge < -0.3 is 10.2 Å². The molecule has 2 aromatic carbocycles. The molecule has 2 N–H and O–H groups in total. The van der Waals surface area contributed by atoms with Gasteiger partial charge in [-0.2, -0.15) is 0 Å². The van der Waals surface area contributed by atoms with Gasteiger partial charge in [0, 0.05) is 27.8 Å². The molecule has 1 atom stereocenters. The molecule has 3 amide bonds. The lowest BCUT2D eigenvalue weighted by atomic mass is 10.2. The summed E-state index contributed by atoms with van der Waals surface area (Å²) in [6.07, 6.45) is 1.33. The average molecular weight is 462 g/mol. The highest BCUT2D eigenvalue weighted by molar-refractivity contribution is 7.18. The molecule has 10 heteroatoms. The molecule has 1 aliphatic heterocycles. The number of halogens is 2. The maximum atomic E-state index is 12.8. The minimum absolute atomic E-state index is 0.280. The molecule has 3 aromatic rings. The van der Waals surface area contributed by atoms with Crippen LogP contribution >= 0.6 is 34.5 Å². The quantitative estimate of drug-likeness (QED) is 0.562. The topological polar surface area (TPSA) is 87.2 Å². The van der Waals surface area contributed by atoms with Gasteiger partial charge in [0.25, 0.3) is 0 Å². The van der Waals surface area contributed by atoms with Crippen molar-refractivity contribution < 1.29 is 9.59 Å². The van der Waals surface area contributed by atoms with Gasteiger partial charge in [-0.1, -0.05) is 46.7 Å². The molecule has 1 saturated heterocycles. The number of carbonyl (C=O) groups excluding carboxylic acids is 2. The third kappa shape index (κ3) is 4.72. The SMILES string of the molecule is O=C(Nc1nnc(-c2ccc(Cl)cc2)s1)C1CCCN1C(=O)Nc1ccc(Cl)cc1. The number of likely N-dealkylation sites (tertiary alicyclic amines) is 1. The van der Waals surface area contributed by atoms with Crippen molar-refractivity contribution in [2.75, 3.05) is 17.2 Å². The lowest BCUT2D eigenvalue weighted by Gasteiger charge is -2.23. The van der Waals surface area contributed by atoms with Crippen molar-refractivity contribution in [3.05, 3.63) is 58.6 Å². The second-order valence-electron chi connectivity index (χ2n) is 6.70. The normalized spacial score (nSPS) is 15.8. The first-order valence-corrected chi connectivity index (χ1v) is 10.8. The lowest BCUT2D eigenvalue weighted by molar-refractivity contribution is -0.119. The summed E-state index contributed by atoms with van der Waals surface area (Å²) in [6, 6.07) is 13.1. The van der Waals surface area contributed by atoms with Gasteiger partial charge in [0.15, 0.2) is 0 Å². The van der Waals surface area contributed by atoms with E-state index in [9.17, 15) is 9.59 Å². The number of rotatable bonds is 4. The van der Waals surface area contributed by atoms with E-state index in [1.54, 1.807) is 36.4 Å². The Balaban J connectivity index is 1.40. The molecule has 7 nitrogen and oxygen atoms in total. The monoisotopic (exact) mass is 461 g/mol. The van der Waals surface area contributed by atoms with Gasteiger partial charge in [0.1, 0.15) is 11.0 Å². The zero-order valence-electron chi connectivity index (χ0n) is 15.6. The van der Waals surface area contributed by atoms with Crippen molar-refractivity contribution in [1.29, 1.82) is 0 Å². The summed E-state index contributed by atoms with van der Waals surface area (Å²) in [7, 11) is 0. The summed E-state index contributed by atoms with van der Waals surface area (Å²) in [6.45, 7) is 0.504. The minimum atomic E-state index is -0.569. The molecular weight excluding hydrogens is 445 g/mol. The largest absolute Gasteiger partial charge is 0.322 e. The summed E-state index contributed by atoms with van der Waals surface area (Å²) in [4.78, 5) is 27.0. The van der Waals surface area contributed by atoms with Gasteiger partial charge in [-0.15, -0.1) is 10.2 Å². The third-order valence-electron chi connectivity index (χ3n) is 4.66. The molecule has 0 spiro atoms. The van der Waals surface area contributed by atoms with E-state index in [0.717, 1.165) is 12.0 Å². The van der Waals surface area contributed by atoms with Crippen LogP contribution in [0, 0.1) is 0 Å². The molecule has 154 valence electrons. The zero-order valence-corrected chi connectivity index (χ0v) is 18.0. The van der Waals surface area contributed by atoms with Crippen molar-refractivity contribution in [3.63, 3.8) is 0 Å². The second-order valence-corrected chi connectivity index (χ2v) is 8.55. The predicted molar refractivity (Wildman–Crippen MR) is 119 cm³/mol. The van der Waals surface area contributed by atoms with Gasteiger partial charge >= 0.3 is 6.03 Å². The van der Waals surface area contributed by atoms with E-state index in [1.165, 1.54) is 16.2 Å². The number of benzene rings is 2. The summed E-state index contributed by atoms with van der Waals surface area (Å²) < 4.78 is 0. The molecule has 0 radical (unpaired) electrons. The van der Waals surface area contributed by atoms with Crippen molar-refractivity contribution in [1.82, 2.24) is 15.1 Å². The summed E-state index contributed by atoms with van der Waals surface area (Å²) >= 11 is 13.0. The first-order valence-electron chi connectivity index (χ1n) is 9.23. The van der Waals surface area contributed by atoms with Crippen LogP contribution in [-0.2, 0) is 4.79 Å². The Morgan fingerprint density at radius 3 is 2.33 bits per heavy atom. The fourth-order valence-corrected chi connectivity index (χ4v) is 4.19. The zero-order chi connectivity index (χ0) is 21.1. The first kappa shape index (κ1) is 20.6. The van der Waals surface area contributed by atoms with Gasteiger partial charge in [-0.3, -0.25) is 10.1 Å². The molecule has 4 rings (SSSR count). The molecule has 0 saturated carbocycles. The fourth-order valence-electron chi connectivity index (χ4n) is 3.18. The van der Waals surface area contributed by atoms with Gasteiger partial charge in [-0.05, 0) is 49.2 Å². The van der Waals surface area contributed by atoms with Gasteiger partial charge in [0.2, 0.25) is 11.0 Å². The molecule has 0 bridgehead atoms. The number of amides is 3. The Bertz CT molecular complexity index is 1060. The van der Waals surface area contributed by atoms with Crippen LogP contribution in [0.15, 0.2) is 48.5 Å². The van der Waals surface area contributed by atoms with Gasteiger partial charge in [0.05, 0.1) is 0 Å². The Kier molecular flexibility index (Phi) is 6.17. The fraction of sp³-hybridized carbons (Fsp3) is 0.200. The third-order valence-corrected chi connectivity index (χ3v) is 6.05. The van der Waals surface area contributed by atoms with Crippen LogP contribution in [0.2, 0.25) is 10.0 Å². The van der Waals surface area contributed by atoms with Crippen LogP contribution in [0.4, 0.5) is 15.6 Å². The van der Waals surface area contributed by atoms with E-state index in [2.05, 4.69) is 20.8 Å². The summed E-state index contributed by atoms with van der Waals surface area (Å²) in [5.41, 5.74) is 1.48. The molecule has 0 aliphatic carbocycles. The molecule has 1 unspecified atom stereocenters. The van der Waals surface area contributed by atoms with Crippen LogP contribution in [-0.4, -0.2) is 39.6 Å². The number of nitrogens with one attached hydrogen (secondary N) is 2. The Morgan fingerprint density at radius 2 is 1.63 bits per heavy atom. The maximum absolute atomic E-state index is 12.8. The van der Waals surface area contributed by atoms with Crippen molar-refractivity contribution >= 4 is 57.3 Å². The highest BCUT2D eigenvalue weighted by Crippen LogP contribution is 2.28. The molecular formula is C20H17Cl2N5O2S. The Hall–Kier alpha value is -2.68. The van der Waals surface area contributed by atoms with E-state index in [-0.39, 0.29) is 11.9 Å². The number of urea groups is 1. The lowest BCUT2D eigenvalue weighted by Crippen LogP contribution is -2.45. The van der Waals surface area contributed by atoms with E-state index in [0.29, 0.717) is 38.8 Å². The van der Waals surface area contributed by atoms with E-state index >= 15 is 0 Å². The number of anilines is 2. The van der Waals surface area contributed by atoms with Crippen LogP contribution < -0.4 is 10.6 Å². The highest BCUT2D eigenvalue weighted by Gasteiger charge is 2.34. The Morgan fingerprint density at radius 1 is 0.967 bits per heavy atom. The number of carbonyl (C=O) groups is 2. The Labute approximate surface area is 187 Å². The minimum Gasteiger partial charge on any atom is -0.312 e. The van der Waals surface area contributed by atoms with Crippen LogP contribution in [0.25, 0.3) is 10.6 Å². The molecule has 30 heavy (non-hydrogen) atoms. The molecule has 1 aromatic heterocycles. The van der Waals surface area contributed by atoms with Crippen LogP contribution in [0.5, 0.6) is 0 Å². The van der Waals surface area contributed by atoms with Crippen LogP contribution in [0.3, 0.4) is 0 Å². The maximum Gasteiger partial charge on any atom is 0.322 e. The first-order chi connectivity index (χ1) is 14.5. The van der Waals surface area contributed by atoms with E-state index in [1.807, 2.05) is 12.1 Å². The average Bonchev–Trinajstić information content (AvgIpc) is 3.40. The predicted octanol–water partition coefficient (Wildman–Crippen LogP) is 5.15. The summed E-state index contributed by atoms with van der Waals surface area (Å²) in [5, 5.41) is 16.0. The van der Waals surface area contributed by atoms with E-state index < -0.39 is 6.04 Å². The second kappa shape index (κ2) is 8.99. The van der Waals surface area contributed by atoms with Crippen molar-refractivity contribution in [2.45, 2.75) is 18.9 Å². The smallest absolute Gasteiger partial charge is 0.312 e. The van der Waals surface area contributed by atoms with Gasteiger partial charge in [-0.25, -0.2) is 4.79 Å². The number of hydrogen-bond acceptors (Lipinski definition) is 5.